The molecule has 5 nitrogen and oxygen atoms in total. The van der Waals surface area contributed by atoms with Gasteiger partial charge in [-0.25, -0.2) is 8.42 Å². The van der Waals surface area contributed by atoms with Crippen molar-refractivity contribution in [3.63, 3.8) is 0 Å². The zero-order valence-corrected chi connectivity index (χ0v) is 6.76. The predicted molar refractivity (Wildman–Crippen MR) is 39.5 cm³/mol. The van der Waals surface area contributed by atoms with Gasteiger partial charge in [0.1, 0.15) is 0 Å². The van der Waals surface area contributed by atoms with E-state index in [4.69, 9.17) is 5.73 Å². The first-order chi connectivity index (χ1) is 4.99. The van der Waals surface area contributed by atoms with Crippen molar-refractivity contribution in [2.45, 2.75) is 5.75 Å². The van der Waals surface area contributed by atoms with Gasteiger partial charge >= 0.3 is 0 Å². The maximum absolute atomic E-state index is 10.7. The molecule has 0 bridgehead atoms. The van der Waals surface area contributed by atoms with Crippen LogP contribution >= 0.6 is 0 Å². The Hall–Kier alpha value is -1.04. The van der Waals surface area contributed by atoms with Crippen LogP contribution in [0.5, 0.6) is 0 Å². The second-order valence-corrected chi connectivity index (χ2v) is 4.43. The lowest BCUT2D eigenvalue weighted by molar-refractivity contribution is 0.436. The molecule has 11 heavy (non-hydrogen) atoms. The number of hydrogen-bond acceptors (Lipinski definition) is 5. The first-order valence-electron chi connectivity index (χ1n) is 2.86. The van der Waals surface area contributed by atoms with E-state index in [1.54, 1.807) is 0 Å². The van der Waals surface area contributed by atoms with E-state index >= 15 is 0 Å². The van der Waals surface area contributed by atoms with Crippen LogP contribution in [0.4, 0.5) is 5.88 Å². The number of aromatic nitrogens is 1. The molecule has 0 aliphatic rings. The Labute approximate surface area is 64.1 Å². The molecule has 0 fully saturated rings. The van der Waals surface area contributed by atoms with E-state index in [-0.39, 0.29) is 11.6 Å². The molecule has 0 unspecified atom stereocenters. The number of nitrogens with two attached hydrogens (primary N) is 1. The summed E-state index contributed by atoms with van der Waals surface area (Å²) in [6.45, 7) is 0. The molecule has 0 aliphatic carbocycles. The SMILES string of the molecule is CS(=O)(=O)Cc1cnoc1N. The highest BCUT2D eigenvalue weighted by Gasteiger charge is 2.10. The Morgan fingerprint density at radius 1 is 1.73 bits per heavy atom. The Bertz CT molecular complexity index is 340. The summed E-state index contributed by atoms with van der Waals surface area (Å²) < 4.78 is 25.9. The molecule has 1 aromatic heterocycles. The number of nitrogen functional groups attached to an aromatic ring is 1. The number of rotatable bonds is 2. The molecule has 0 saturated carbocycles. The molecule has 1 heterocycles. The molecular formula is C5H8N2O3S. The third kappa shape index (κ3) is 2.23. The summed E-state index contributed by atoms with van der Waals surface area (Å²) in [5.41, 5.74) is 5.66. The van der Waals surface area contributed by atoms with Crippen LogP contribution in [0.1, 0.15) is 5.56 Å². The van der Waals surface area contributed by atoms with Gasteiger partial charge < -0.3 is 10.3 Å². The van der Waals surface area contributed by atoms with E-state index in [9.17, 15) is 8.42 Å². The lowest BCUT2D eigenvalue weighted by atomic mass is 10.4. The van der Waals surface area contributed by atoms with E-state index in [0.29, 0.717) is 5.56 Å². The molecule has 1 aromatic rings. The second-order valence-electron chi connectivity index (χ2n) is 2.29. The third-order valence-corrected chi connectivity index (χ3v) is 1.93. The molecule has 0 spiro atoms. The zero-order chi connectivity index (χ0) is 8.48. The van der Waals surface area contributed by atoms with Crippen molar-refractivity contribution in [1.29, 1.82) is 0 Å². The van der Waals surface area contributed by atoms with Gasteiger partial charge in [0.2, 0.25) is 5.88 Å². The van der Waals surface area contributed by atoms with Crippen molar-refractivity contribution >= 4 is 15.7 Å². The highest BCUT2D eigenvalue weighted by Crippen LogP contribution is 2.12. The van der Waals surface area contributed by atoms with Gasteiger partial charge in [-0.05, 0) is 0 Å². The van der Waals surface area contributed by atoms with Crippen LogP contribution < -0.4 is 5.73 Å². The lowest BCUT2D eigenvalue weighted by Crippen LogP contribution is -2.01. The van der Waals surface area contributed by atoms with Crippen LogP contribution in [0.3, 0.4) is 0 Å². The number of anilines is 1. The summed E-state index contributed by atoms with van der Waals surface area (Å²) in [6, 6.07) is 0. The van der Waals surface area contributed by atoms with Crippen LogP contribution in [0.15, 0.2) is 10.7 Å². The number of nitrogens with zero attached hydrogens (tertiary/aromatic N) is 1. The maximum Gasteiger partial charge on any atom is 0.226 e. The Morgan fingerprint density at radius 3 is 2.73 bits per heavy atom. The Balaban J connectivity index is 2.89. The van der Waals surface area contributed by atoms with E-state index < -0.39 is 9.84 Å². The summed E-state index contributed by atoms with van der Waals surface area (Å²) in [7, 11) is -3.05. The molecule has 6 heteroatoms. The molecule has 0 aliphatic heterocycles. The van der Waals surface area contributed by atoms with Gasteiger partial charge in [0, 0.05) is 6.26 Å². The summed E-state index contributed by atoms with van der Waals surface area (Å²) in [4.78, 5) is 0. The van der Waals surface area contributed by atoms with Gasteiger partial charge in [-0.15, -0.1) is 0 Å². The van der Waals surface area contributed by atoms with Crippen LogP contribution in [-0.2, 0) is 15.6 Å². The maximum atomic E-state index is 10.7. The van der Waals surface area contributed by atoms with Crippen molar-refractivity contribution in [3.8, 4) is 0 Å². The molecule has 2 N–H and O–H groups in total. The molecule has 0 amide bonds. The van der Waals surface area contributed by atoms with Crippen LogP contribution in [-0.4, -0.2) is 19.8 Å². The van der Waals surface area contributed by atoms with Gasteiger partial charge in [0.15, 0.2) is 9.84 Å². The molecular weight excluding hydrogens is 168 g/mol. The fourth-order valence-electron chi connectivity index (χ4n) is 0.660. The standard InChI is InChI=1S/C5H8N2O3S/c1-11(8,9)3-4-2-7-10-5(4)6/h2H,3,6H2,1H3. The smallest absolute Gasteiger partial charge is 0.226 e. The summed E-state index contributed by atoms with van der Waals surface area (Å²) in [6.07, 6.45) is 2.43. The Kier molecular flexibility index (Phi) is 1.86. The van der Waals surface area contributed by atoms with Crippen molar-refractivity contribution in [3.05, 3.63) is 11.8 Å². The zero-order valence-electron chi connectivity index (χ0n) is 5.94. The fraction of sp³-hybridized carbons (Fsp3) is 0.400. The summed E-state index contributed by atoms with van der Waals surface area (Å²) in [5.74, 6) is -0.0575. The fourth-order valence-corrected chi connectivity index (χ4v) is 1.44. The largest absolute Gasteiger partial charge is 0.367 e. The van der Waals surface area contributed by atoms with E-state index in [1.165, 1.54) is 6.20 Å². The molecule has 1 rings (SSSR count). The predicted octanol–water partition coefficient (Wildman–Crippen LogP) is -0.199. The minimum Gasteiger partial charge on any atom is -0.367 e. The lowest BCUT2D eigenvalue weighted by Gasteiger charge is -1.92. The second kappa shape index (κ2) is 2.54. The monoisotopic (exact) mass is 176 g/mol. The van der Waals surface area contributed by atoms with E-state index in [0.717, 1.165) is 6.26 Å². The summed E-state index contributed by atoms with van der Waals surface area (Å²) in [5, 5.41) is 3.34. The molecule has 62 valence electrons. The van der Waals surface area contributed by atoms with Crippen LogP contribution in [0, 0.1) is 0 Å². The summed E-state index contributed by atoms with van der Waals surface area (Å²) >= 11 is 0. The highest BCUT2D eigenvalue weighted by atomic mass is 32.2. The molecule has 0 aromatic carbocycles. The minimum absolute atomic E-state index is 0.0652. The molecule has 0 atom stereocenters. The molecule has 0 saturated heterocycles. The average molecular weight is 176 g/mol. The average Bonchev–Trinajstić information content (AvgIpc) is 2.12. The van der Waals surface area contributed by atoms with Gasteiger partial charge in [0.25, 0.3) is 0 Å². The quantitative estimate of drug-likeness (QED) is 0.674. The van der Waals surface area contributed by atoms with Crippen molar-refractivity contribution < 1.29 is 12.9 Å². The highest BCUT2D eigenvalue weighted by molar-refractivity contribution is 7.89. The number of hydrogen-bond donors (Lipinski definition) is 1. The van der Waals surface area contributed by atoms with Gasteiger partial charge in [-0.2, -0.15) is 0 Å². The number of sulfone groups is 1. The van der Waals surface area contributed by atoms with Gasteiger partial charge in [-0.3, -0.25) is 0 Å². The minimum atomic E-state index is -3.05. The first kappa shape index (κ1) is 8.06. The first-order valence-corrected chi connectivity index (χ1v) is 4.92. The van der Waals surface area contributed by atoms with E-state index in [1.807, 2.05) is 0 Å². The van der Waals surface area contributed by atoms with E-state index in [2.05, 4.69) is 9.68 Å². The third-order valence-electron chi connectivity index (χ3n) is 1.09. The normalized spacial score (nSPS) is 11.7. The topological polar surface area (TPSA) is 86.2 Å². The van der Waals surface area contributed by atoms with Crippen LogP contribution in [0.2, 0.25) is 0 Å². The van der Waals surface area contributed by atoms with Crippen molar-refractivity contribution in [2.24, 2.45) is 0 Å². The van der Waals surface area contributed by atoms with Crippen molar-refractivity contribution in [2.75, 3.05) is 12.0 Å². The van der Waals surface area contributed by atoms with Crippen LogP contribution in [0.25, 0.3) is 0 Å². The molecule has 0 radical (unpaired) electrons. The van der Waals surface area contributed by atoms with Crippen molar-refractivity contribution in [1.82, 2.24) is 5.16 Å². The van der Waals surface area contributed by atoms with Gasteiger partial charge in [0.05, 0.1) is 17.5 Å². The van der Waals surface area contributed by atoms with Gasteiger partial charge in [-0.1, -0.05) is 5.16 Å². The Morgan fingerprint density at radius 2 is 2.36 bits per heavy atom.